The average molecular weight is 337 g/mol. The Labute approximate surface area is 143 Å². The summed E-state index contributed by atoms with van der Waals surface area (Å²) in [5, 5.41) is 15.0. The average Bonchev–Trinajstić information content (AvgIpc) is 3.15. The van der Waals surface area contributed by atoms with Gasteiger partial charge in [0.05, 0.1) is 0 Å². The van der Waals surface area contributed by atoms with Crippen molar-refractivity contribution < 1.29 is 14.7 Å². The Kier molecular flexibility index (Phi) is 4.70. The summed E-state index contributed by atoms with van der Waals surface area (Å²) in [6, 6.07) is 9.67. The molecular formula is C17H15N5O3. The minimum absolute atomic E-state index is 0.0882. The van der Waals surface area contributed by atoms with Gasteiger partial charge in [-0.3, -0.25) is 9.59 Å². The number of hydrogen-bond donors (Lipinski definition) is 4. The van der Waals surface area contributed by atoms with Crippen molar-refractivity contribution >= 4 is 17.6 Å². The van der Waals surface area contributed by atoms with E-state index in [-0.39, 0.29) is 23.9 Å². The summed E-state index contributed by atoms with van der Waals surface area (Å²) in [6.07, 6.45) is 4.60. The van der Waals surface area contributed by atoms with Crippen molar-refractivity contribution in [2.45, 2.75) is 6.54 Å². The Hall–Kier alpha value is -3.68. The Morgan fingerprint density at radius 3 is 2.72 bits per heavy atom. The Morgan fingerprint density at radius 1 is 1.08 bits per heavy atom. The van der Waals surface area contributed by atoms with Crippen molar-refractivity contribution in [3.63, 3.8) is 0 Å². The maximum Gasteiger partial charge on any atom is 0.279 e. The first-order chi connectivity index (χ1) is 12.1. The Morgan fingerprint density at radius 2 is 1.96 bits per heavy atom. The van der Waals surface area contributed by atoms with Crippen LogP contribution in [0.25, 0.3) is 0 Å². The van der Waals surface area contributed by atoms with E-state index < -0.39 is 5.91 Å². The quantitative estimate of drug-likeness (QED) is 0.565. The zero-order valence-corrected chi connectivity index (χ0v) is 13.1. The summed E-state index contributed by atoms with van der Waals surface area (Å²) in [5.74, 6) is -0.722. The number of rotatable bonds is 5. The molecule has 25 heavy (non-hydrogen) atoms. The molecule has 3 aromatic rings. The highest BCUT2D eigenvalue weighted by Gasteiger charge is 2.13. The van der Waals surface area contributed by atoms with Gasteiger partial charge in [0, 0.05) is 25.1 Å². The van der Waals surface area contributed by atoms with E-state index in [1.165, 1.54) is 24.5 Å². The highest BCUT2D eigenvalue weighted by atomic mass is 16.3. The van der Waals surface area contributed by atoms with E-state index in [0.29, 0.717) is 11.5 Å². The second kappa shape index (κ2) is 7.26. The number of pyridine rings is 2. The van der Waals surface area contributed by atoms with E-state index in [1.54, 1.807) is 30.5 Å². The first-order valence-corrected chi connectivity index (χ1v) is 7.45. The van der Waals surface area contributed by atoms with E-state index in [1.807, 2.05) is 0 Å². The van der Waals surface area contributed by atoms with Crippen molar-refractivity contribution in [1.29, 1.82) is 0 Å². The summed E-state index contributed by atoms with van der Waals surface area (Å²) < 4.78 is 0. The van der Waals surface area contributed by atoms with Gasteiger partial charge >= 0.3 is 0 Å². The highest BCUT2D eigenvalue weighted by molar-refractivity contribution is 6.04. The predicted molar refractivity (Wildman–Crippen MR) is 90.1 cm³/mol. The van der Waals surface area contributed by atoms with Gasteiger partial charge in [-0.05, 0) is 42.0 Å². The zero-order chi connectivity index (χ0) is 17.6. The molecule has 0 aliphatic rings. The number of nitrogens with zero attached hydrogens (tertiary/aromatic N) is 2. The van der Waals surface area contributed by atoms with Crippen LogP contribution in [0, 0.1) is 0 Å². The highest BCUT2D eigenvalue weighted by Crippen LogP contribution is 2.15. The lowest BCUT2D eigenvalue weighted by molar-refractivity contribution is 0.0945. The second-order valence-corrected chi connectivity index (χ2v) is 5.14. The molecule has 0 aromatic carbocycles. The molecule has 8 heteroatoms. The molecule has 3 heterocycles. The molecule has 126 valence electrons. The third-order valence-corrected chi connectivity index (χ3v) is 3.36. The van der Waals surface area contributed by atoms with E-state index in [4.69, 9.17) is 0 Å². The first kappa shape index (κ1) is 16.2. The van der Waals surface area contributed by atoms with Gasteiger partial charge in [-0.1, -0.05) is 0 Å². The molecular weight excluding hydrogens is 322 g/mol. The van der Waals surface area contributed by atoms with Crippen molar-refractivity contribution in [3.8, 4) is 5.75 Å². The molecule has 0 saturated carbocycles. The number of H-pyrrole nitrogens is 1. The molecule has 0 aliphatic heterocycles. The van der Waals surface area contributed by atoms with Crippen LogP contribution in [0.15, 0.2) is 55.0 Å². The van der Waals surface area contributed by atoms with Crippen LogP contribution in [0.5, 0.6) is 5.75 Å². The second-order valence-electron chi connectivity index (χ2n) is 5.14. The molecule has 0 bridgehead atoms. The number of aromatic amines is 1. The number of aromatic nitrogens is 3. The molecule has 8 nitrogen and oxygen atoms in total. The molecule has 4 N–H and O–H groups in total. The Balaban J connectivity index is 1.64. The molecule has 0 unspecified atom stereocenters. The molecule has 0 aliphatic carbocycles. The molecule has 2 amide bonds. The van der Waals surface area contributed by atoms with Gasteiger partial charge in [-0.2, -0.15) is 0 Å². The topological polar surface area (TPSA) is 120 Å². The van der Waals surface area contributed by atoms with Crippen LogP contribution < -0.4 is 10.6 Å². The van der Waals surface area contributed by atoms with E-state index >= 15 is 0 Å². The molecule has 0 atom stereocenters. The number of carbonyl (C=O) groups is 2. The molecule has 3 rings (SSSR count). The largest absolute Gasteiger partial charge is 0.505 e. The van der Waals surface area contributed by atoms with Crippen LogP contribution in [0.4, 0.5) is 5.82 Å². The van der Waals surface area contributed by atoms with E-state index in [9.17, 15) is 14.7 Å². The van der Waals surface area contributed by atoms with Gasteiger partial charge in [-0.15, -0.1) is 0 Å². The minimum Gasteiger partial charge on any atom is -0.505 e. The fraction of sp³-hybridized carbons (Fsp3) is 0.0588. The summed E-state index contributed by atoms with van der Waals surface area (Å²) in [4.78, 5) is 34.7. The summed E-state index contributed by atoms with van der Waals surface area (Å²) in [5.41, 5.74) is 1.14. The number of aromatic hydroxyl groups is 1. The van der Waals surface area contributed by atoms with Crippen LogP contribution >= 0.6 is 0 Å². The molecule has 0 spiro atoms. The lowest BCUT2D eigenvalue weighted by atomic mass is 10.2. The zero-order valence-electron chi connectivity index (χ0n) is 13.1. The minimum atomic E-state index is -0.571. The monoisotopic (exact) mass is 337 g/mol. The van der Waals surface area contributed by atoms with Crippen LogP contribution in [-0.2, 0) is 6.54 Å². The number of hydrogen-bond acceptors (Lipinski definition) is 5. The van der Waals surface area contributed by atoms with Gasteiger partial charge in [0.15, 0.2) is 5.69 Å². The third kappa shape index (κ3) is 3.99. The lowest BCUT2D eigenvalue weighted by Gasteiger charge is -2.08. The number of amides is 2. The maximum atomic E-state index is 12.1. The van der Waals surface area contributed by atoms with Gasteiger partial charge in [0.1, 0.15) is 17.3 Å². The standard InChI is InChI=1S/C17H15N5O3/c23-13-4-2-7-20-15(13)17(25)22-14-9-11(5-8-19-14)10-21-16(24)12-3-1-6-18-12/h1-9,18,23H,10H2,(H,21,24)(H,19,22,25). The van der Waals surface area contributed by atoms with Crippen molar-refractivity contribution in [3.05, 3.63) is 71.9 Å². The number of carbonyl (C=O) groups excluding carboxylic acids is 2. The smallest absolute Gasteiger partial charge is 0.279 e. The molecule has 0 saturated heterocycles. The SMILES string of the molecule is O=C(NCc1ccnc(NC(=O)c2ncccc2O)c1)c1ccc[nH]1. The number of nitrogens with one attached hydrogen (secondary N) is 3. The van der Waals surface area contributed by atoms with Crippen LogP contribution in [0.2, 0.25) is 0 Å². The van der Waals surface area contributed by atoms with Crippen LogP contribution in [-0.4, -0.2) is 31.9 Å². The fourth-order valence-corrected chi connectivity index (χ4v) is 2.15. The van der Waals surface area contributed by atoms with Crippen molar-refractivity contribution in [1.82, 2.24) is 20.3 Å². The number of anilines is 1. The lowest BCUT2D eigenvalue weighted by Crippen LogP contribution is -2.23. The Bertz CT molecular complexity index is 893. The van der Waals surface area contributed by atoms with Gasteiger partial charge in [0.25, 0.3) is 11.8 Å². The van der Waals surface area contributed by atoms with Crippen LogP contribution in [0.1, 0.15) is 26.5 Å². The van der Waals surface area contributed by atoms with Gasteiger partial charge < -0.3 is 20.7 Å². The first-order valence-electron chi connectivity index (χ1n) is 7.45. The predicted octanol–water partition coefficient (Wildman–Crippen LogP) is 1.69. The summed E-state index contributed by atoms with van der Waals surface area (Å²) >= 11 is 0. The van der Waals surface area contributed by atoms with E-state index in [2.05, 4.69) is 25.6 Å². The maximum absolute atomic E-state index is 12.1. The molecule has 3 aromatic heterocycles. The van der Waals surface area contributed by atoms with Crippen molar-refractivity contribution in [2.75, 3.05) is 5.32 Å². The summed E-state index contributed by atoms with van der Waals surface area (Å²) in [6.45, 7) is 0.276. The molecule has 0 fully saturated rings. The third-order valence-electron chi connectivity index (χ3n) is 3.36. The van der Waals surface area contributed by atoms with Crippen molar-refractivity contribution in [2.24, 2.45) is 0 Å². The summed E-state index contributed by atoms with van der Waals surface area (Å²) in [7, 11) is 0. The van der Waals surface area contributed by atoms with E-state index in [0.717, 1.165) is 5.56 Å². The normalized spacial score (nSPS) is 10.2. The van der Waals surface area contributed by atoms with Crippen LogP contribution in [0.3, 0.4) is 0 Å². The molecule has 0 radical (unpaired) electrons. The van der Waals surface area contributed by atoms with Gasteiger partial charge in [-0.25, -0.2) is 9.97 Å². The van der Waals surface area contributed by atoms with Gasteiger partial charge in [0.2, 0.25) is 0 Å². The fourth-order valence-electron chi connectivity index (χ4n) is 2.15.